The van der Waals surface area contributed by atoms with E-state index in [1.165, 1.54) is 0 Å². The van der Waals surface area contributed by atoms with E-state index in [0.29, 0.717) is 31.5 Å². The van der Waals surface area contributed by atoms with Crippen LogP contribution in [-0.2, 0) is 14.3 Å². The Balaban J connectivity index is 1.84. The zero-order chi connectivity index (χ0) is 22.8. The van der Waals surface area contributed by atoms with Crippen LogP contribution in [-0.4, -0.2) is 55.5 Å². The van der Waals surface area contributed by atoms with Crippen LogP contribution >= 0.6 is 11.6 Å². The molecule has 2 heterocycles. The van der Waals surface area contributed by atoms with Gasteiger partial charge in [-0.2, -0.15) is 0 Å². The minimum atomic E-state index is -0.779. The van der Waals surface area contributed by atoms with Crippen LogP contribution in [0.15, 0.2) is 6.07 Å². The fraction of sp³-hybridized carbons (Fsp3) is 0.636. The fourth-order valence-electron chi connectivity index (χ4n) is 3.92. The third-order valence-corrected chi connectivity index (χ3v) is 5.67. The highest BCUT2D eigenvalue weighted by Crippen LogP contribution is 2.45. The Morgan fingerprint density at radius 3 is 2.52 bits per heavy atom. The van der Waals surface area contributed by atoms with Crippen LogP contribution in [0.5, 0.6) is 11.5 Å². The number of likely N-dealkylation sites (tertiary alicyclic amines) is 1. The molecular formula is C22H29ClFNO6. The number of esters is 1. The Bertz CT molecular complexity index is 832. The molecule has 1 fully saturated rings. The minimum Gasteiger partial charge on any atom is -0.486 e. The van der Waals surface area contributed by atoms with Crippen LogP contribution in [0.4, 0.5) is 9.18 Å². The van der Waals surface area contributed by atoms with Crippen LogP contribution < -0.4 is 9.47 Å². The average Bonchev–Trinajstić information content (AvgIpc) is 2.71. The van der Waals surface area contributed by atoms with Gasteiger partial charge in [0.25, 0.3) is 0 Å². The quantitative estimate of drug-likeness (QED) is 0.618. The van der Waals surface area contributed by atoms with Crippen molar-refractivity contribution in [3.05, 3.63) is 22.5 Å². The van der Waals surface area contributed by atoms with E-state index in [1.807, 2.05) is 20.8 Å². The van der Waals surface area contributed by atoms with Gasteiger partial charge in [-0.15, -0.1) is 0 Å². The molecule has 31 heavy (non-hydrogen) atoms. The van der Waals surface area contributed by atoms with Crippen molar-refractivity contribution in [1.29, 1.82) is 0 Å². The summed E-state index contributed by atoms with van der Waals surface area (Å²) in [5.41, 5.74) is -0.268. The van der Waals surface area contributed by atoms with Gasteiger partial charge in [0, 0.05) is 13.1 Å². The minimum absolute atomic E-state index is 0.0395. The zero-order valence-corrected chi connectivity index (χ0v) is 19.1. The number of hydrogen-bond donors (Lipinski definition) is 0. The van der Waals surface area contributed by atoms with E-state index in [0.717, 1.165) is 0 Å². The van der Waals surface area contributed by atoms with Gasteiger partial charge in [0.15, 0.2) is 17.3 Å². The molecule has 0 N–H and O–H groups in total. The molecule has 0 bridgehead atoms. The maximum Gasteiger partial charge on any atom is 0.410 e. The molecule has 0 aliphatic carbocycles. The van der Waals surface area contributed by atoms with Crippen molar-refractivity contribution in [3.63, 3.8) is 0 Å². The lowest BCUT2D eigenvalue weighted by atomic mass is 9.79. The number of nitrogens with zero attached hydrogens (tertiary/aromatic N) is 1. The van der Waals surface area contributed by atoms with Gasteiger partial charge in [-0.05, 0) is 58.1 Å². The number of rotatable bonds is 4. The number of carbonyl (C=O) groups is 2. The lowest BCUT2D eigenvalue weighted by Gasteiger charge is -2.36. The van der Waals surface area contributed by atoms with Gasteiger partial charge in [-0.1, -0.05) is 11.6 Å². The van der Waals surface area contributed by atoms with Gasteiger partial charge >= 0.3 is 12.1 Å². The molecule has 2 aliphatic rings. The maximum atomic E-state index is 14.9. The molecule has 0 unspecified atom stereocenters. The van der Waals surface area contributed by atoms with Gasteiger partial charge in [0.05, 0.1) is 17.5 Å². The molecule has 0 aromatic heterocycles. The van der Waals surface area contributed by atoms with E-state index in [1.54, 1.807) is 17.9 Å². The Kier molecular flexibility index (Phi) is 7.19. The van der Waals surface area contributed by atoms with Crippen LogP contribution in [0, 0.1) is 11.7 Å². The van der Waals surface area contributed by atoms with Crippen LogP contribution in [0.1, 0.15) is 52.0 Å². The molecule has 0 radical (unpaired) electrons. The monoisotopic (exact) mass is 457 g/mol. The van der Waals surface area contributed by atoms with Gasteiger partial charge in [0.2, 0.25) is 0 Å². The summed E-state index contributed by atoms with van der Waals surface area (Å²) in [6.07, 6.45) is 0.659. The first-order chi connectivity index (χ1) is 14.6. The molecule has 1 saturated heterocycles. The van der Waals surface area contributed by atoms with Crippen LogP contribution in [0.25, 0.3) is 0 Å². The number of amides is 1. The molecule has 0 saturated carbocycles. The number of hydrogen-bond acceptors (Lipinski definition) is 6. The molecule has 9 heteroatoms. The highest BCUT2D eigenvalue weighted by atomic mass is 35.5. The lowest BCUT2D eigenvalue weighted by Crippen LogP contribution is -2.43. The molecule has 0 spiro atoms. The van der Waals surface area contributed by atoms with Crippen LogP contribution in [0.2, 0.25) is 5.02 Å². The average molecular weight is 458 g/mol. The predicted octanol–water partition coefficient (Wildman–Crippen LogP) is 4.54. The molecular weight excluding hydrogens is 429 g/mol. The number of benzene rings is 1. The van der Waals surface area contributed by atoms with Crippen molar-refractivity contribution in [1.82, 2.24) is 4.90 Å². The smallest absolute Gasteiger partial charge is 0.410 e. The fourth-order valence-corrected chi connectivity index (χ4v) is 4.17. The Labute approximate surface area is 186 Å². The topological polar surface area (TPSA) is 74.3 Å². The molecule has 2 aliphatic heterocycles. The van der Waals surface area contributed by atoms with Gasteiger partial charge in [0.1, 0.15) is 18.8 Å². The molecule has 3 rings (SSSR count). The number of carbonyl (C=O) groups excluding carboxylic acids is 2. The summed E-state index contributed by atoms with van der Waals surface area (Å²) in [5.74, 6) is -1.99. The van der Waals surface area contributed by atoms with E-state index >= 15 is 0 Å². The third kappa shape index (κ3) is 5.34. The second kappa shape index (κ2) is 9.51. The number of ether oxygens (including phenoxy) is 4. The number of piperidine rings is 1. The van der Waals surface area contributed by atoms with E-state index < -0.39 is 23.3 Å². The van der Waals surface area contributed by atoms with Gasteiger partial charge in [-0.3, -0.25) is 4.79 Å². The summed E-state index contributed by atoms with van der Waals surface area (Å²) in [6, 6.07) is 1.57. The first-order valence-electron chi connectivity index (χ1n) is 10.5. The first kappa shape index (κ1) is 23.4. The lowest BCUT2D eigenvalue weighted by molar-refractivity contribution is -0.146. The van der Waals surface area contributed by atoms with E-state index in [2.05, 4.69) is 0 Å². The van der Waals surface area contributed by atoms with E-state index in [-0.39, 0.29) is 48.4 Å². The van der Waals surface area contributed by atoms with Crippen molar-refractivity contribution in [2.75, 3.05) is 32.9 Å². The van der Waals surface area contributed by atoms with Crippen molar-refractivity contribution >= 4 is 23.7 Å². The summed E-state index contributed by atoms with van der Waals surface area (Å²) in [4.78, 5) is 26.9. The van der Waals surface area contributed by atoms with Gasteiger partial charge in [-0.25, -0.2) is 9.18 Å². The van der Waals surface area contributed by atoms with Crippen LogP contribution in [0.3, 0.4) is 0 Å². The predicted molar refractivity (Wildman–Crippen MR) is 112 cm³/mol. The summed E-state index contributed by atoms with van der Waals surface area (Å²) in [5, 5.41) is -0.170. The summed E-state index contributed by atoms with van der Waals surface area (Å²) in [7, 11) is 0. The molecule has 1 amide bonds. The molecule has 7 nitrogen and oxygen atoms in total. The maximum absolute atomic E-state index is 14.9. The SMILES string of the molecule is CCOC(=O)[C@@H](c1cc2c(c(F)c1Cl)OCCO2)C1CCN(C(=O)OC(C)(C)C)CC1. The van der Waals surface area contributed by atoms with Crippen molar-refractivity contribution in [3.8, 4) is 11.5 Å². The summed E-state index contributed by atoms with van der Waals surface area (Å²) < 4.78 is 36.5. The Morgan fingerprint density at radius 1 is 1.26 bits per heavy atom. The second-order valence-electron chi connectivity index (χ2n) is 8.65. The second-order valence-corrected chi connectivity index (χ2v) is 9.03. The van der Waals surface area contributed by atoms with E-state index in [9.17, 15) is 14.0 Å². The standard InChI is InChI=1S/C22H29ClFNO6/c1-5-28-20(26)16(13-6-8-25(9-7-13)21(27)31-22(2,3)4)14-12-15-19(18(24)17(14)23)30-11-10-29-15/h12-13,16H,5-11H2,1-4H3/t16-/m1/s1. The molecule has 1 atom stereocenters. The normalized spacial score (nSPS) is 17.8. The largest absolute Gasteiger partial charge is 0.486 e. The first-order valence-corrected chi connectivity index (χ1v) is 10.9. The molecule has 1 aromatic rings. The Morgan fingerprint density at radius 2 is 1.90 bits per heavy atom. The van der Waals surface area contributed by atoms with Crippen molar-refractivity contribution in [2.24, 2.45) is 5.92 Å². The zero-order valence-electron chi connectivity index (χ0n) is 18.3. The van der Waals surface area contributed by atoms with Gasteiger partial charge < -0.3 is 23.8 Å². The van der Waals surface area contributed by atoms with Crippen molar-refractivity contribution in [2.45, 2.75) is 52.1 Å². The highest BCUT2D eigenvalue weighted by Gasteiger charge is 2.38. The summed E-state index contributed by atoms with van der Waals surface area (Å²) in [6.45, 7) is 8.69. The molecule has 172 valence electrons. The highest BCUT2D eigenvalue weighted by molar-refractivity contribution is 6.32. The molecule has 1 aromatic carbocycles. The van der Waals surface area contributed by atoms with Crippen molar-refractivity contribution < 1.29 is 32.9 Å². The number of fused-ring (bicyclic) bond motifs is 1. The third-order valence-electron chi connectivity index (χ3n) is 5.28. The Hall–Kier alpha value is -2.22. The van der Waals surface area contributed by atoms with E-state index in [4.69, 9.17) is 30.5 Å². The number of halogens is 2. The summed E-state index contributed by atoms with van der Waals surface area (Å²) >= 11 is 6.34.